The highest BCUT2D eigenvalue weighted by atomic mass is 79.9. The van der Waals surface area contributed by atoms with E-state index in [0.717, 1.165) is 15.6 Å². The molecular formula is C12H9BrN2O2. The van der Waals surface area contributed by atoms with E-state index in [4.69, 9.17) is 5.73 Å². The topological polar surface area (TPSA) is 69.2 Å². The minimum absolute atomic E-state index is 0.0573. The maximum atomic E-state index is 10.7. The predicted octanol–water partition coefficient (Wildman–Crippen LogP) is 3.61. The molecule has 2 aromatic rings. The van der Waals surface area contributed by atoms with Gasteiger partial charge in [-0.3, -0.25) is 10.1 Å². The second-order valence-corrected chi connectivity index (χ2v) is 4.45. The fourth-order valence-corrected chi connectivity index (χ4v) is 1.93. The standard InChI is InChI=1S/C12H9BrN2O2/c13-9-4-5-12(14)11(7-9)8-2-1-3-10(6-8)15(16)17/h1-7H,14H2. The second-order valence-electron chi connectivity index (χ2n) is 3.54. The van der Waals surface area contributed by atoms with Crippen molar-refractivity contribution in [3.05, 3.63) is 57.1 Å². The van der Waals surface area contributed by atoms with Gasteiger partial charge in [0.2, 0.25) is 0 Å². The number of nitro benzene ring substituents is 1. The Balaban J connectivity index is 2.56. The number of hydrogen-bond acceptors (Lipinski definition) is 3. The molecule has 2 rings (SSSR count). The summed E-state index contributed by atoms with van der Waals surface area (Å²) in [5.74, 6) is 0. The van der Waals surface area contributed by atoms with Crippen LogP contribution >= 0.6 is 15.9 Å². The fraction of sp³-hybridized carbons (Fsp3) is 0. The summed E-state index contributed by atoms with van der Waals surface area (Å²) in [4.78, 5) is 10.3. The molecule has 0 unspecified atom stereocenters. The van der Waals surface area contributed by atoms with Crippen LogP contribution in [-0.4, -0.2) is 4.92 Å². The monoisotopic (exact) mass is 292 g/mol. The van der Waals surface area contributed by atoms with Gasteiger partial charge < -0.3 is 5.73 Å². The van der Waals surface area contributed by atoms with E-state index in [0.29, 0.717) is 5.69 Å². The van der Waals surface area contributed by atoms with Crippen LogP contribution in [0.2, 0.25) is 0 Å². The number of anilines is 1. The lowest BCUT2D eigenvalue weighted by atomic mass is 10.0. The quantitative estimate of drug-likeness (QED) is 0.522. The van der Waals surface area contributed by atoms with Gasteiger partial charge in [0.15, 0.2) is 0 Å². The Morgan fingerprint density at radius 2 is 1.94 bits per heavy atom. The summed E-state index contributed by atoms with van der Waals surface area (Å²) in [5.41, 5.74) is 8.02. The van der Waals surface area contributed by atoms with Gasteiger partial charge >= 0.3 is 0 Å². The Morgan fingerprint density at radius 1 is 1.18 bits per heavy atom. The number of nitrogen functional groups attached to an aromatic ring is 1. The van der Waals surface area contributed by atoms with Crippen LogP contribution < -0.4 is 5.73 Å². The van der Waals surface area contributed by atoms with Gasteiger partial charge in [0.05, 0.1) is 4.92 Å². The number of halogens is 1. The van der Waals surface area contributed by atoms with Crippen LogP contribution in [0.3, 0.4) is 0 Å². The van der Waals surface area contributed by atoms with Crippen LogP contribution in [0, 0.1) is 10.1 Å². The largest absolute Gasteiger partial charge is 0.398 e. The second kappa shape index (κ2) is 4.55. The molecule has 0 saturated heterocycles. The lowest BCUT2D eigenvalue weighted by Crippen LogP contribution is -1.92. The average Bonchev–Trinajstić information content (AvgIpc) is 2.32. The van der Waals surface area contributed by atoms with Crippen LogP contribution in [0.25, 0.3) is 11.1 Å². The number of nitro groups is 1. The molecule has 0 bridgehead atoms. The Bertz CT molecular complexity index is 584. The third-order valence-corrected chi connectivity index (χ3v) is 2.88. The molecular weight excluding hydrogens is 284 g/mol. The summed E-state index contributed by atoms with van der Waals surface area (Å²) >= 11 is 3.35. The third-order valence-electron chi connectivity index (χ3n) is 2.38. The summed E-state index contributed by atoms with van der Waals surface area (Å²) in [6.07, 6.45) is 0. The molecule has 0 spiro atoms. The van der Waals surface area contributed by atoms with Crippen molar-refractivity contribution in [2.75, 3.05) is 5.73 Å². The SMILES string of the molecule is Nc1ccc(Br)cc1-c1cccc([N+](=O)[O-])c1. The zero-order valence-electron chi connectivity index (χ0n) is 8.76. The molecule has 86 valence electrons. The van der Waals surface area contributed by atoms with Gasteiger partial charge in [0.25, 0.3) is 5.69 Å². The zero-order valence-corrected chi connectivity index (χ0v) is 10.3. The highest BCUT2D eigenvalue weighted by Crippen LogP contribution is 2.30. The van der Waals surface area contributed by atoms with E-state index in [-0.39, 0.29) is 5.69 Å². The van der Waals surface area contributed by atoms with Crippen molar-refractivity contribution >= 4 is 27.3 Å². The van der Waals surface area contributed by atoms with Gasteiger partial charge in [-0.1, -0.05) is 28.1 Å². The molecule has 0 aliphatic heterocycles. The molecule has 4 nitrogen and oxygen atoms in total. The predicted molar refractivity (Wildman–Crippen MR) is 70.6 cm³/mol. The molecule has 0 saturated carbocycles. The number of nitrogens with zero attached hydrogens (tertiary/aromatic N) is 1. The summed E-state index contributed by atoms with van der Waals surface area (Å²) in [6, 6.07) is 11.8. The van der Waals surface area contributed by atoms with Crippen molar-refractivity contribution in [2.45, 2.75) is 0 Å². The van der Waals surface area contributed by atoms with E-state index in [1.807, 2.05) is 12.1 Å². The molecule has 0 atom stereocenters. The summed E-state index contributed by atoms with van der Waals surface area (Å²) < 4.78 is 0.883. The minimum Gasteiger partial charge on any atom is -0.398 e. The van der Waals surface area contributed by atoms with Gasteiger partial charge in [0, 0.05) is 27.9 Å². The first-order valence-corrected chi connectivity index (χ1v) is 5.67. The van der Waals surface area contributed by atoms with Gasteiger partial charge in [-0.2, -0.15) is 0 Å². The van der Waals surface area contributed by atoms with E-state index >= 15 is 0 Å². The molecule has 17 heavy (non-hydrogen) atoms. The summed E-state index contributed by atoms with van der Waals surface area (Å²) in [6.45, 7) is 0. The molecule has 0 aliphatic carbocycles. The van der Waals surface area contributed by atoms with Crippen LogP contribution in [0.1, 0.15) is 0 Å². The molecule has 2 N–H and O–H groups in total. The molecule has 0 aromatic heterocycles. The Morgan fingerprint density at radius 3 is 2.65 bits per heavy atom. The van der Waals surface area contributed by atoms with Gasteiger partial charge in [-0.15, -0.1) is 0 Å². The van der Waals surface area contributed by atoms with Crippen LogP contribution in [-0.2, 0) is 0 Å². The normalized spacial score (nSPS) is 10.2. The third kappa shape index (κ3) is 2.45. The highest BCUT2D eigenvalue weighted by molar-refractivity contribution is 9.10. The number of rotatable bonds is 2. The van der Waals surface area contributed by atoms with Gasteiger partial charge in [0.1, 0.15) is 0 Å². The first-order valence-electron chi connectivity index (χ1n) is 4.88. The maximum absolute atomic E-state index is 10.7. The Labute approximate surface area is 106 Å². The van der Waals surface area contributed by atoms with E-state index in [1.165, 1.54) is 12.1 Å². The first kappa shape index (κ1) is 11.6. The van der Waals surface area contributed by atoms with Gasteiger partial charge in [-0.25, -0.2) is 0 Å². The molecule has 5 heteroatoms. The van der Waals surface area contributed by atoms with Crippen LogP contribution in [0.4, 0.5) is 11.4 Å². The van der Waals surface area contributed by atoms with E-state index in [1.54, 1.807) is 18.2 Å². The van der Waals surface area contributed by atoms with Crippen molar-refractivity contribution in [1.82, 2.24) is 0 Å². The highest BCUT2D eigenvalue weighted by Gasteiger charge is 2.09. The van der Waals surface area contributed by atoms with E-state index in [9.17, 15) is 10.1 Å². The molecule has 0 heterocycles. The number of hydrogen-bond donors (Lipinski definition) is 1. The van der Waals surface area contributed by atoms with Crippen molar-refractivity contribution in [3.8, 4) is 11.1 Å². The average molecular weight is 293 g/mol. The molecule has 0 amide bonds. The van der Waals surface area contributed by atoms with Crippen molar-refractivity contribution in [1.29, 1.82) is 0 Å². The lowest BCUT2D eigenvalue weighted by Gasteiger charge is -2.06. The minimum atomic E-state index is -0.419. The maximum Gasteiger partial charge on any atom is 0.270 e. The van der Waals surface area contributed by atoms with E-state index in [2.05, 4.69) is 15.9 Å². The summed E-state index contributed by atoms with van der Waals surface area (Å²) in [5, 5.41) is 10.7. The van der Waals surface area contributed by atoms with Gasteiger partial charge in [-0.05, 0) is 23.8 Å². The van der Waals surface area contributed by atoms with Crippen LogP contribution in [0.15, 0.2) is 46.9 Å². The molecule has 0 aliphatic rings. The zero-order chi connectivity index (χ0) is 12.4. The number of non-ortho nitro benzene ring substituents is 1. The summed E-state index contributed by atoms with van der Waals surface area (Å²) in [7, 11) is 0. The number of benzene rings is 2. The fourth-order valence-electron chi connectivity index (χ4n) is 1.57. The Kier molecular flexibility index (Phi) is 3.10. The molecule has 2 aromatic carbocycles. The van der Waals surface area contributed by atoms with Crippen molar-refractivity contribution in [3.63, 3.8) is 0 Å². The smallest absolute Gasteiger partial charge is 0.270 e. The molecule has 0 radical (unpaired) electrons. The lowest BCUT2D eigenvalue weighted by molar-refractivity contribution is -0.384. The van der Waals surface area contributed by atoms with Crippen molar-refractivity contribution < 1.29 is 4.92 Å². The number of nitrogens with two attached hydrogens (primary N) is 1. The molecule has 0 fully saturated rings. The Hall–Kier alpha value is -1.88. The van der Waals surface area contributed by atoms with Crippen LogP contribution in [0.5, 0.6) is 0 Å². The van der Waals surface area contributed by atoms with Crippen molar-refractivity contribution in [2.24, 2.45) is 0 Å². The first-order chi connectivity index (χ1) is 8.08. The van der Waals surface area contributed by atoms with E-state index < -0.39 is 4.92 Å².